The highest BCUT2D eigenvalue weighted by molar-refractivity contribution is 5.58. The van der Waals surface area contributed by atoms with Gasteiger partial charge in [-0.05, 0) is 26.2 Å². The smallest absolute Gasteiger partial charge is 0.275 e. The maximum absolute atomic E-state index is 10.9. The predicted octanol–water partition coefficient (Wildman–Crippen LogP) is 2.32. The predicted molar refractivity (Wildman–Crippen MR) is 71.6 cm³/mol. The molecule has 1 saturated carbocycles. The van der Waals surface area contributed by atoms with Crippen LogP contribution in [0.2, 0.25) is 0 Å². The van der Waals surface area contributed by atoms with E-state index in [0.29, 0.717) is 18.0 Å². The molecule has 0 atom stereocenters. The molecule has 0 aliphatic heterocycles. The molecule has 2 rings (SSSR count). The maximum atomic E-state index is 10.9. The van der Waals surface area contributed by atoms with Crippen LogP contribution in [-0.2, 0) is 0 Å². The van der Waals surface area contributed by atoms with Gasteiger partial charge in [0, 0.05) is 17.8 Å². The van der Waals surface area contributed by atoms with Crippen molar-refractivity contribution in [2.45, 2.75) is 31.7 Å². The Labute approximate surface area is 111 Å². The van der Waals surface area contributed by atoms with Gasteiger partial charge in [-0.1, -0.05) is 0 Å². The highest BCUT2D eigenvalue weighted by Gasteiger charge is 2.36. The molecule has 0 aromatic heterocycles. The molecule has 6 nitrogen and oxygen atoms in total. The summed E-state index contributed by atoms with van der Waals surface area (Å²) in [4.78, 5) is 10.5. The van der Waals surface area contributed by atoms with Gasteiger partial charge in [-0.2, -0.15) is 0 Å². The molecule has 0 spiro atoms. The molecule has 0 amide bonds. The van der Waals surface area contributed by atoms with Crippen LogP contribution < -0.4 is 10.1 Å². The number of hydrogen-bond acceptors (Lipinski definition) is 5. The second kappa shape index (κ2) is 5.44. The molecule has 0 bridgehead atoms. The van der Waals surface area contributed by atoms with Gasteiger partial charge in [-0.15, -0.1) is 0 Å². The second-order valence-corrected chi connectivity index (χ2v) is 4.82. The molecule has 0 saturated heterocycles. The van der Waals surface area contributed by atoms with E-state index in [0.717, 1.165) is 19.3 Å². The minimum Gasteiger partial charge on any atom is -0.494 e. The van der Waals surface area contributed by atoms with E-state index in [4.69, 9.17) is 4.74 Å². The third-order valence-electron chi connectivity index (χ3n) is 3.44. The van der Waals surface area contributed by atoms with Crippen LogP contribution in [0, 0.1) is 10.1 Å². The molecule has 19 heavy (non-hydrogen) atoms. The van der Waals surface area contributed by atoms with Crippen molar-refractivity contribution in [1.82, 2.24) is 0 Å². The number of nitro benzene ring substituents is 1. The lowest BCUT2D eigenvalue weighted by molar-refractivity contribution is -0.384. The van der Waals surface area contributed by atoms with Crippen LogP contribution in [0.5, 0.6) is 5.75 Å². The zero-order valence-corrected chi connectivity index (χ0v) is 10.9. The normalized spacial score (nSPS) is 16.5. The van der Waals surface area contributed by atoms with Crippen LogP contribution >= 0.6 is 0 Å². The molecule has 1 aromatic carbocycles. The average Bonchev–Trinajstić information content (AvgIpc) is 2.34. The molecule has 1 fully saturated rings. The fourth-order valence-electron chi connectivity index (χ4n) is 2.24. The van der Waals surface area contributed by atoms with Crippen molar-refractivity contribution in [3.63, 3.8) is 0 Å². The zero-order chi connectivity index (χ0) is 13.9. The Morgan fingerprint density at radius 3 is 2.68 bits per heavy atom. The Morgan fingerprint density at radius 1 is 1.47 bits per heavy atom. The Morgan fingerprint density at radius 2 is 2.21 bits per heavy atom. The summed E-state index contributed by atoms with van der Waals surface area (Å²) in [6.45, 7) is 2.30. The number of aliphatic hydroxyl groups is 1. The summed E-state index contributed by atoms with van der Waals surface area (Å²) in [6.07, 6.45) is 2.80. The quantitative estimate of drug-likeness (QED) is 0.609. The highest BCUT2D eigenvalue weighted by atomic mass is 16.6. The first-order chi connectivity index (χ1) is 9.08. The van der Waals surface area contributed by atoms with E-state index in [1.54, 1.807) is 6.07 Å². The topological polar surface area (TPSA) is 84.6 Å². The van der Waals surface area contributed by atoms with Gasteiger partial charge in [0.1, 0.15) is 5.75 Å². The number of hydrogen-bond donors (Lipinski definition) is 2. The lowest BCUT2D eigenvalue weighted by atomic mass is 9.77. The number of nitrogens with one attached hydrogen (secondary N) is 1. The first-order valence-electron chi connectivity index (χ1n) is 6.40. The molecule has 1 aliphatic rings. The van der Waals surface area contributed by atoms with E-state index < -0.39 is 4.92 Å². The lowest BCUT2D eigenvalue weighted by Crippen LogP contribution is -2.48. The van der Waals surface area contributed by atoms with Gasteiger partial charge in [0.2, 0.25) is 0 Å². The third kappa shape index (κ3) is 2.96. The largest absolute Gasteiger partial charge is 0.494 e. The molecule has 1 aromatic rings. The van der Waals surface area contributed by atoms with Crippen molar-refractivity contribution in [1.29, 1.82) is 0 Å². The number of nitrogens with zero attached hydrogens (tertiary/aromatic N) is 1. The van der Waals surface area contributed by atoms with Gasteiger partial charge in [0.05, 0.1) is 29.7 Å². The number of aliphatic hydroxyl groups excluding tert-OH is 1. The fraction of sp³-hybridized carbons (Fsp3) is 0.538. The minimum absolute atomic E-state index is 0.0131. The lowest BCUT2D eigenvalue weighted by Gasteiger charge is -2.41. The molecule has 6 heteroatoms. The van der Waals surface area contributed by atoms with E-state index in [9.17, 15) is 15.2 Å². The summed E-state index contributed by atoms with van der Waals surface area (Å²) < 4.78 is 5.33. The minimum atomic E-state index is -0.444. The van der Waals surface area contributed by atoms with Crippen molar-refractivity contribution in [3.8, 4) is 5.75 Å². The van der Waals surface area contributed by atoms with Gasteiger partial charge in [0.25, 0.3) is 5.69 Å². The molecule has 0 unspecified atom stereocenters. The van der Waals surface area contributed by atoms with Crippen molar-refractivity contribution >= 4 is 11.4 Å². The Hall–Kier alpha value is -1.82. The molecular weight excluding hydrogens is 248 g/mol. The van der Waals surface area contributed by atoms with Gasteiger partial charge < -0.3 is 15.2 Å². The van der Waals surface area contributed by atoms with E-state index in [1.807, 2.05) is 6.92 Å². The molecule has 104 valence electrons. The molecule has 1 aliphatic carbocycles. The second-order valence-electron chi connectivity index (χ2n) is 4.82. The number of ether oxygens (including phenoxy) is 1. The van der Waals surface area contributed by atoms with Gasteiger partial charge >= 0.3 is 0 Å². The monoisotopic (exact) mass is 266 g/mol. The number of benzene rings is 1. The van der Waals surface area contributed by atoms with E-state index >= 15 is 0 Å². The van der Waals surface area contributed by atoms with Crippen LogP contribution in [0.25, 0.3) is 0 Å². The van der Waals surface area contributed by atoms with E-state index in [1.165, 1.54) is 12.1 Å². The summed E-state index contributed by atoms with van der Waals surface area (Å²) in [5.41, 5.74) is 0.269. The SMILES string of the molecule is CCOc1cc(NC2(CO)CCC2)cc([N+](=O)[O-])c1. The van der Waals surface area contributed by atoms with Crippen molar-refractivity contribution in [2.75, 3.05) is 18.5 Å². The van der Waals surface area contributed by atoms with Crippen LogP contribution in [-0.4, -0.2) is 28.8 Å². The van der Waals surface area contributed by atoms with Crippen LogP contribution in [0.15, 0.2) is 18.2 Å². The zero-order valence-electron chi connectivity index (χ0n) is 10.9. The Balaban J connectivity index is 2.25. The Bertz CT molecular complexity index is 466. The van der Waals surface area contributed by atoms with E-state index in [-0.39, 0.29) is 17.8 Å². The van der Waals surface area contributed by atoms with Crippen molar-refractivity contribution in [3.05, 3.63) is 28.3 Å². The van der Waals surface area contributed by atoms with Crippen molar-refractivity contribution < 1.29 is 14.8 Å². The Kier molecular flexibility index (Phi) is 3.90. The maximum Gasteiger partial charge on any atom is 0.275 e. The summed E-state index contributed by atoms with van der Waals surface area (Å²) in [7, 11) is 0. The average molecular weight is 266 g/mol. The van der Waals surface area contributed by atoms with Crippen LogP contribution in [0.4, 0.5) is 11.4 Å². The summed E-state index contributed by atoms with van der Waals surface area (Å²) >= 11 is 0. The molecule has 2 N–H and O–H groups in total. The summed E-state index contributed by atoms with van der Waals surface area (Å²) in [5.74, 6) is 0.464. The van der Waals surface area contributed by atoms with Crippen molar-refractivity contribution in [2.24, 2.45) is 0 Å². The standard InChI is InChI=1S/C13H18N2O4/c1-2-19-12-7-10(6-11(8-12)15(17)18)14-13(9-16)4-3-5-13/h6-8,14,16H,2-5,9H2,1H3. The number of non-ortho nitro benzene ring substituents is 1. The highest BCUT2D eigenvalue weighted by Crippen LogP contribution is 2.36. The van der Waals surface area contributed by atoms with Gasteiger partial charge in [0.15, 0.2) is 0 Å². The number of rotatable bonds is 6. The number of nitro groups is 1. The first-order valence-corrected chi connectivity index (χ1v) is 6.40. The van der Waals surface area contributed by atoms with Crippen LogP contribution in [0.3, 0.4) is 0 Å². The third-order valence-corrected chi connectivity index (χ3v) is 3.44. The number of anilines is 1. The fourth-order valence-corrected chi connectivity index (χ4v) is 2.24. The molecule has 0 heterocycles. The first kappa shape index (κ1) is 13.6. The van der Waals surface area contributed by atoms with Gasteiger partial charge in [-0.25, -0.2) is 0 Å². The molecular formula is C13H18N2O4. The van der Waals surface area contributed by atoms with Crippen LogP contribution in [0.1, 0.15) is 26.2 Å². The summed E-state index contributed by atoms with van der Waals surface area (Å²) in [5, 5.41) is 23.5. The summed E-state index contributed by atoms with van der Waals surface area (Å²) in [6, 6.07) is 4.60. The van der Waals surface area contributed by atoms with E-state index in [2.05, 4.69) is 5.32 Å². The van der Waals surface area contributed by atoms with Gasteiger partial charge in [-0.3, -0.25) is 10.1 Å². The molecule has 0 radical (unpaired) electrons.